The van der Waals surface area contributed by atoms with Crippen molar-refractivity contribution in [1.29, 1.82) is 0 Å². The Morgan fingerprint density at radius 2 is 2.31 bits per heavy atom. The number of hydrogen-bond donors (Lipinski definition) is 1. The second kappa shape index (κ2) is 4.56. The van der Waals surface area contributed by atoms with Gasteiger partial charge in [-0.3, -0.25) is 4.79 Å². The molecule has 1 aromatic carbocycles. The van der Waals surface area contributed by atoms with Gasteiger partial charge >= 0.3 is 0 Å². The summed E-state index contributed by atoms with van der Waals surface area (Å²) in [6, 6.07) is 8.74. The number of aryl methyl sites for hydroxylation is 1. The van der Waals surface area contributed by atoms with Crippen LogP contribution in [0.4, 0.5) is 5.69 Å². The maximum Gasteiger partial charge on any atom is 0.219 e. The second-order valence-corrected chi connectivity index (χ2v) is 4.46. The second-order valence-electron chi connectivity index (χ2n) is 4.46. The van der Waals surface area contributed by atoms with E-state index >= 15 is 0 Å². The summed E-state index contributed by atoms with van der Waals surface area (Å²) in [7, 11) is 0. The average Bonchev–Trinajstić information content (AvgIpc) is 2.66. The monoisotopic (exact) mass is 218 g/mol. The Bertz CT molecular complexity index is 389. The molecule has 0 radical (unpaired) electrons. The molecule has 0 unspecified atom stereocenters. The molecule has 1 atom stereocenters. The maximum absolute atomic E-state index is 11.2. The van der Waals surface area contributed by atoms with Crippen LogP contribution in [0.2, 0.25) is 0 Å². The normalized spacial score (nSPS) is 19.9. The smallest absolute Gasteiger partial charge is 0.219 e. The lowest BCUT2D eigenvalue weighted by Crippen LogP contribution is -2.29. The molecular weight excluding hydrogens is 200 g/mol. The number of nitrogens with zero attached hydrogens (tertiary/aromatic N) is 1. The van der Waals surface area contributed by atoms with Crippen LogP contribution in [0, 0.1) is 6.92 Å². The molecule has 1 aliphatic heterocycles. The van der Waals surface area contributed by atoms with E-state index in [4.69, 9.17) is 0 Å². The molecule has 1 N–H and O–H groups in total. The molecule has 1 saturated heterocycles. The van der Waals surface area contributed by atoms with Gasteiger partial charge in [0, 0.05) is 31.7 Å². The number of carbonyl (C=O) groups excluding carboxylic acids is 1. The largest absolute Gasteiger partial charge is 0.380 e. The molecule has 0 saturated carbocycles. The summed E-state index contributed by atoms with van der Waals surface area (Å²) in [6.07, 6.45) is 1.04. The Balaban J connectivity index is 1.94. The van der Waals surface area contributed by atoms with E-state index in [0.717, 1.165) is 25.2 Å². The van der Waals surface area contributed by atoms with E-state index in [2.05, 4.69) is 36.5 Å². The first-order valence-electron chi connectivity index (χ1n) is 5.74. The third-order valence-electron chi connectivity index (χ3n) is 3.02. The predicted molar refractivity (Wildman–Crippen MR) is 65.5 cm³/mol. The molecule has 1 aliphatic rings. The zero-order valence-corrected chi connectivity index (χ0v) is 9.86. The van der Waals surface area contributed by atoms with E-state index < -0.39 is 0 Å². The fourth-order valence-corrected chi connectivity index (χ4v) is 2.13. The number of carbonyl (C=O) groups is 1. The number of rotatable bonds is 2. The van der Waals surface area contributed by atoms with Crippen LogP contribution in [0.1, 0.15) is 18.9 Å². The third kappa shape index (κ3) is 2.54. The van der Waals surface area contributed by atoms with E-state index in [1.807, 2.05) is 4.90 Å². The van der Waals surface area contributed by atoms with Gasteiger partial charge in [0.05, 0.1) is 0 Å². The Morgan fingerprint density at radius 1 is 1.50 bits per heavy atom. The van der Waals surface area contributed by atoms with Crippen LogP contribution in [0.15, 0.2) is 24.3 Å². The van der Waals surface area contributed by atoms with Crippen LogP contribution in [0.25, 0.3) is 0 Å². The molecule has 0 aromatic heterocycles. The van der Waals surface area contributed by atoms with Crippen molar-refractivity contribution in [1.82, 2.24) is 4.90 Å². The molecule has 0 aliphatic carbocycles. The van der Waals surface area contributed by atoms with Crippen molar-refractivity contribution in [3.05, 3.63) is 29.8 Å². The molecule has 1 amide bonds. The average molecular weight is 218 g/mol. The standard InChI is InChI=1S/C13H18N2O/c1-10-4-3-5-12(8-10)14-13-6-7-15(9-13)11(2)16/h3-5,8,13-14H,6-7,9H2,1-2H3/t13-/m0/s1. The molecule has 0 bridgehead atoms. The lowest BCUT2D eigenvalue weighted by Gasteiger charge is -2.16. The van der Waals surface area contributed by atoms with Crippen LogP contribution in [0.3, 0.4) is 0 Å². The van der Waals surface area contributed by atoms with Crippen LogP contribution in [0.5, 0.6) is 0 Å². The fourth-order valence-electron chi connectivity index (χ4n) is 2.13. The Labute approximate surface area is 96.5 Å². The predicted octanol–water partition coefficient (Wildman–Crippen LogP) is 2.03. The third-order valence-corrected chi connectivity index (χ3v) is 3.02. The van der Waals surface area contributed by atoms with Gasteiger partial charge in [-0.05, 0) is 31.0 Å². The van der Waals surface area contributed by atoms with Crippen molar-refractivity contribution in [3.63, 3.8) is 0 Å². The highest BCUT2D eigenvalue weighted by atomic mass is 16.2. The van der Waals surface area contributed by atoms with E-state index in [0.29, 0.717) is 6.04 Å². The van der Waals surface area contributed by atoms with Gasteiger partial charge in [0.25, 0.3) is 0 Å². The number of benzene rings is 1. The fraction of sp³-hybridized carbons (Fsp3) is 0.462. The Morgan fingerprint density at radius 3 is 2.94 bits per heavy atom. The number of hydrogen-bond acceptors (Lipinski definition) is 2. The molecule has 1 aromatic rings. The Hall–Kier alpha value is -1.51. The summed E-state index contributed by atoms with van der Waals surface area (Å²) >= 11 is 0. The highest BCUT2D eigenvalue weighted by Crippen LogP contribution is 2.16. The molecule has 3 nitrogen and oxygen atoms in total. The highest BCUT2D eigenvalue weighted by Gasteiger charge is 2.23. The molecule has 1 fully saturated rings. The quantitative estimate of drug-likeness (QED) is 0.823. The highest BCUT2D eigenvalue weighted by molar-refractivity contribution is 5.73. The van der Waals surface area contributed by atoms with Gasteiger partial charge in [-0.15, -0.1) is 0 Å². The molecule has 0 spiro atoms. The van der Waals surface area contributed by atoms with Crippen molar-refractivity contribution in [3.8, 4) is 0 Å². The van der Waals surface area contributed by atoms with E-state index in [9.17, 15) is 4.79 Å². The summed E-state index contributed by atoms with van der Waals surface area (Å²) in [4.78, 5) is 13.1. The zero-order valence-electron chi connectivity index (χ0n) is 9.86. The lowest BCUT2D eigenvalue weighted by atomic mass is 10.2. The first-order valence-corrected chi connectivity index (χ1v) is 5.74. The molecule has 86 valence electrons. The lowest BCUT2D eigenvalue weighted by molar-refractivity contribution is -0.127. The van der Waals surface area contributed by atoms with Crippen molar-refractivity contribution in [2.45, 2.75) is 26.3 Å². The van der Waals surface area contributed by atoms with E-state index in [-0.39, 0.29) is 5.91 Å². The molecule has 16 heavy (non-hydrogen) atoms. The van der Waals surface area contributed by atoms with Crippen molar-refractivity contribution in [2.75, 3.05) is 18.4 Å². The first-order chi connectivity index (χ1) is 7.65. The minimum atomic E-state index is 0.175. The minimum absolute atomic E-state index is 0.175. The van der Waals surface area contributed by atoms with Gasteiger partial charge in [-0.1, -0.05) is 12.1 Å². The molecular formula is C13H18N2O. The van der Waals surface area contributed by atoms with Crippen LogP contribution < -0.4 is 5.32 Å². The van der Waals surface area contributed by atoms with Gasteiger partial charge in [-0.2, -0.15) is 0 Å². The minimum Gasteiger partial charge on any atom is -0.380 e. The van der Waals surface area contributed by atoms with Gasteiger partial charge in [0.2, 0.25) is 5.91 Å². The summed E-state index contributed by atoms with van der Waals surface area (Å²) in [6.45, 7) is 5.42. The van der Waals surface area contributed by atoms with E-state index in [1.165, 1.54) is 5.56 Å². The number of anilines is 1. The number of likely N-dealkylation sites (tertiary alicyclic amines) is 1. The Kier molecular flexibility index (Phi) is 3.13. The summed E-state index contributed by atoms with van der Waals surface area (Å²) < 4.78 is 0. The van der Waals surface area contributed by atoms with Gasteiger partial charge < -0.3 is 10.2 Å². The van der Waals surface area contributed by atoms with Gasteiger partial charge in [-0.25, -0.2) is 0 Å². The van der Waals surface area contributed by atoms with Crippen LogP contribution in [-0.2, 0) is 4.79 Å². The number of nitrogens with one attached hydrogen (secondary N) is 1. The van der Waals surface area contributed by atoms with Crippen molar-refractivity contribution in [2.24, 2.45) is 0 Å². The molecule has 3 heteroatoms. The maximum atomic E-state index is 11.2. The topological polar surface area (TPSA) is 32.3 Å². The summed E-state index contributed by atoms with van der Waals surface area (Å²) in [5.41, 5.74) is 2.40. The summed E-state index contributed by atoms with van der Waals surface area (Å²) in [5.74, 6) is 0.175. The van der Waals surface area contributed by atoms with Gasteiger partial charge in [0.15, 0.2) is 0 Å². The van der Waals surface area contributed by atoms with Crippen LogP contribution in [-0.4, -0.2) is 29.9 Å². The van der Waals surface area contributed by atoms with Crippen LogP contribution >= 0.6 is 0 Å². The van der Waals surface area contributed by atoms with Crippen molar-refractivity contribution >= 4 is 11.6 Å². The number of amides is 1. The van der Waals surface area contributed by atoms with Gasteiger partial charge in [0.1, 0.15) is 0 Å². The molecule has 1 heterocycles. The first kappa shape index (κ1) is 11.0. The SMILES string of the molecule is CC(=O)N1CC[C@H](Nc2cccc(C)c2)C1. The zero-order chi connectivity index (χ0) is 11.5. The summed E-state index contributed by atoms with van der Waals surface area (Å²) in [5, 5.41) is 3.47. The molecule has 2 rings (SSSR count). The van der Waals surface area contributed by atoms with E-state index in [1.54, 1.807) is 6.92 Å². The van der Waals surface area contributed by atoms with Crippen molar-refractivity contribution < 1.29 is 4.79 Å².